The van der Waals surface area contributed by atoms with Crippen molar-refractivity contribution in [2.75, 3.05) is 26.8 Å². The van der Waals surface area contributed by atoms with E-state index >= 15 is 0 Å². The second-order valence-corrected chi connectivity index (χ2v) is 5.72. The SMILES string of the molecule is CCc1ccc(C(CN)N(CCOC)C(C)C2CC2)o1. The number of rotatable bonds is 9. The molecule has 2 unspecified atom stereocenters. The second kappa shape index (κ2) is 7.25. The van der Waals surface area contributed by atoms with Gasteiger partial charge in [0.05, 0.1) is 12.6 Å². The maximum absolute atomic E-state index is 6.04. The molecule has 0 bridgehead atoms. The Bertz CT molecular complexity index is 401. The van der Waals surface area contributed by atoms with Crippen LogP contribution in [0, 0.1) is 5.92 Å². The van der Waals surface area contributed by atoms with Gasteiger partial charge in [-0.15, -0.1) is 0 Å². The van der Waals surface area contributed by atoms with Gasteiger partial charge in [0.15, 0.2) is 0 Å². The van der Waals surface area contributed by atoms with Crippen LogP contribution in [0.3, 0.4) is 0 Å². The molecule has 1 aromatic heterocycles. The fourth-order valence-electron chi connectivity index (χ4n) is 2.87. The van der Waals surface area contributed by atoms with E-state index < -0.39 is 0 Å². The summed E-state index contributed by atoms with van der Waals surface area (Å²) in [7, 11) is 1.75. The molecular formula is C16H28N2O2. The Morgan fingerprint density at radius 2 is 2.20 bits per heavy atom. The average Bonchev–Trinajstić information content (AvgIpc) is 3.21. The molecule has 0 amide bonds. The first-order valence-electron chi connectivity index (χ1n) is 7.74. The lowest BCUT2D eigenvalue weighted by atomic mass is 10.1. The minimum Gasteiger partial charge on any atom is -0.464 e. The highest BCUT2D eigenvalue weighted by Gasteiger charge is 2.35. The highest BCUT2D eigenvalue weighted by atomic mass is 16.5. The van der Waals surface area contributed by atoms with Crippen LogP contribution in [-0.2, 0) is 11.2 Å². The van der Waals surface area contributed by atoms with E-state index in [0.29, 0.717) is 12.6 Å². The minimum absolute atomic E-state index is 0.154. The molecular weight excluding hydrogens is 252 g/mol. The van der Waals surface area contributed by atoms with Gasteiger partial charge >= 0.3 is 0 Å². The fourth-order valence-corrected chi connectivity index (χ4v) is 2.87. The molecule has 0 radical (unpaired) electrons. The van der Waals surface area contributed by atoms with E-state index in [1.54, 1.807) is 7.11 Å². The van der Waals surface area contributed by atoms with Crippen molar-refractivity contribution >= 4 is 0 Å². The number of nitrogens with two attached hydrogens (primary N) is 1. The minimum atomic E-state index is 0.154. The first-order valence-corrected chi connectivity index (χ1v) is 7.74. The summed E-state index contributed by atoms with van der Waals surface area (Å²) in [6.07, 6.45) is 3.59. The first kappa shape index (κ1) is 15.5. The highest BCUT2D eigenvalue weighted by Crippen LogP contribution is 2.38. The molecule has 1 aliphatic rings. The molecule has 2 atom stereocenters. The van der Waals surface area contributed by atoms with Gasteiger partial charge in [-0.3, -0.25) is 4.90 Å². The normalized spacial score (nSPS) is 18.4. The molecule has 0 saturated heterocycles. The molecule has 2 rings (SSSR count). The third kappa shape index (κ3) is 3.62. The number of furan rings is 1. The van der Waals surface area contributed by atoms with Crippen LogP contribution < -0.4 is 5.73 Å². The predicted octanol–water partition coefficient (Wildman–Crippen LogP) is 2.59. The van der Waals surface area contributed by atoms with Gasteiger partial charge in [0.25, 0.3) is 0 Å². The van der Waals surface area contributed by atoms with Gasteiger partial charge in [-0.25, -0.2) is 0 Å². The summed E-state index contributed by atoms with van der Waals surface area (Å²) in [6, 6.07) is 4.83. The van der Waals surface area contributed by atoms with Gasteiger partial charge in [0, 0.05) is 32.7 Å². The van der Waals surface area contributed by atoms with Crippen LogP contribution in [0.4, 0.5) is 0 Å². The average molecular weight is 280 g/mol. The Morgan fingerprint density at radius 3 is 2.70 bits per heavy atom. The molecule has 1 heterocycles. The summed E-state index contributed by atoms with van der Waals surface area (Å²) < 4.78 is 11.2. The van der Waals surface area contributed by atoms with Crippen LogP contribution in [0.5, 0.6) is 0 Å². The topological polar surface area (TPSA) is 51.6 Å². The zero-order valence-electron chi connectivity index (χ0n) is 13.0. The molecule has 114 valence electrons. The van der Waals surface area contributed by atoms with Crippen LogP contribution in [0.2, 0.25) is 0 Å². The molecule has 1 aliphatic carbocycles. The summed E-state index contributed by atoms with van der Waals surface area (Å²) in [4.78, 5) is 2.46. The van der Waals surface area contributed by atoms with Gasteiger partial charge in [0.1, 0.15) is 11.5 Å². The standard InChI is InChI=1S/C16H28N2O2/c1-4-14-7-8-16(20-14)15(11-17)18(9-10-19-3)12(2)13-5-6-13/h7-8,12-13,15H,4-6,9-11,17H2,1-3H3. The van der Waals surface area contributed by atoms with Crippen molar-refractivity contribution in [1.29, 1.82) is 0 Å². The molecule has 2 N–H and O–H groups in total. The van der Waals surface area contributed by atoms with Crippen LogP contribution in [-0.4, -0.2) is 37.7 Å². The van der Waals surface area contributed by atoms with E-state index in [9.17, 15) is 0 Å². The molecule has 4 heteroatoms. The smallest absolute Gasteiger partial charge is 0.122 e. The summed E-state index contributed by atoms with van der Waals surface area (Å²) >= 11 is 0. The zero-order valence-corrected chi connectivity index (χ0v) is 13.0. The van der Waals surface area contributed by atoms with E-state index in [-0.39, 0.29) is 6.04 Å². The fraction of sp³-hybridized carbons (Fsp3) is 0.750. The van der Waals surface area contributed by atoms with Crippen LogP contribution >= 0.6 is 0 Å². The maximum atomic E-state index is 6.04. The molecule has 1 saturated carbocycles. The van der Waals surface area contributed by atoms with E-state index in [0.717, 1.165) is 37.0 Å². The molecule has 0 spiro atoms. The quantitative estimate of drug-likeness (QED) is 0.755. The second-order valence-electron chi connectivity index (χ2n) is 5.72. The van der Waals surface area contributed by atoms with Gasteiger partial charge in [-0.1, -0.05) is 6.92 Å². The lowest BCUT2D eigenvalue weighted by Gasteiger charge is -2.35. The summed E-state index contributed by atoms with van der Waals surface area (Å²) in [5.41, 5.74) is 6.04. The molecule has 1 aromatic rings. The maximum Gasteiger partial charge on any atom is 0.122 e. The van der Waals surface area contributed by atoms with E-state index in [4.69, 9.17) is 14.9 Å². The number of methoxy groups -OCH3 is 1. The molecule has 4 nitrogen and oxygen atoms in total. The first-order chi connectivity index (χ1) is 9.71. The number of hydrogen-bond donors (Lipinski definition) is 1. The summed E-state index contributed by atoms with van der Waals surface area (Å²) in [6.45, 7) is 6.62. The van der Waals surface area contributed by atoms with E-state index in [2.05, 4.69) is 30.9 Å². The summed E-state index contributed by atoms with van der Waals surface area (Å²) in [5.74, 6) is 2.83. The molecule has 20 heavy (non-hydrogen) atoms. The Labute approximate surface area is 122 Å². The zero-order chi connectivity index (χ0) is 14.5. The molecule has 0 aromatic carbocycles. The summed E-state index contributed by atoms with van der Waals surface area (Å²) in [5, 5.41) is 0. The Balaban J connectivity index is 2.13. The van der Waals surface area contributed by atoms with Crippen molar-refractivity contribution < 1.29 is 9.15 Å². The Kier molecular flexibility index (Phi) is 5.64. The van der Waals surface area contributed by atoms with Gasteiger partial charge in [-0.05, 0) is 37.8 Å². The van der Waals surface area contributed by atoms with Crippen molar-refractivity contribution in [3.63, 3.8) is 0 Å². The number of aryl methyl sites for hydroxylation is 1. The predicted molar refractivity (Wildman–Crippen MR) is 80.6 cm³/mol. The van der Waals surface area contributed by atoms with Gasteiger partial charge < -0.3 is 14.9 Å². The lowest BCUT2D eigenvalue weighted by Crippen LogP contribution is -2.42. The molecule has 1 fully saturated rings. The van der Waals surface area contributed by atoms with Gasteiger partial charge in [0.2, 0.25) is 0 Å². The number of nitrogens with zero attached hydrogens (tertiary/aromatic N) is 1. The van der Waals surface area contributed by atoms with Crippen molar-refractivity contribution in [1.82, 2.24) is 4.90 Å². The Hall–Kier alpha value is -0.840. The van der Waals surface area contributed by atoms with Crippen molar-refractivity contribution in [3.8, 4) is 0 Å². The van der Waals surface area contributed by atoms with Gasteiger partial charge in [-0.2, -0.15) is 0 Å². The van der Waals surface area contributed by atoms with E-state index in [1.165, 1.54) is 12.8 Å². The highest BCUT2D eigenvalue weighted by molar-refractivity contribution is 5.12. The third-order valence-electron chi connectivity index (χ3n) is 4.36. The number of hydrogen-bond acceptors (Lipinski definition) is 4. The molecule has 0 aliphatic heterocycles. The largest absolute Gasteiger partial charge is 0.464 e. The number of ether oxygens (including phenoxy) is 1. The van der Waals surface area contributed by atoms with Crippen LogP contribution in [0.1, 0.15) is 44.3 Å². The monoisotopic (exact) mass is 280 g/mol. The van der Waals surface area contributed by atoms with Crippen LogP contribution in [0.25, 0.3) is 0 Å². The van der Waals surface area contributed by atoms with Crippen molar-refractivity contribution in [2.45, 2.75) is 45.2 Å². The lowest BCUT2D eigenvalue weighted by molar-refractivity contribution is 0.0743. The van der Waals surface area contributed by atoms with Crippen molar-refractivity contribution in [2.24, 2.45) is 11.7 Å². The third-order valence-corrected chi connectivity index (χ3v) is 4.36. The van der Waals surface area contributed by atoms with Crippen molar-refractivity contribution in [3.05, 3.63) is 23.7 Å². The van der Waals surface area contributed by atoms with E-state index in [1.807, 2.05) is 0 Å². The van der Waals surface area contributed by atoms with Crippen LogP contribution in [0.15, 0.2) is 16.5 Å². The Morgan fingerprint density at radius 1 is 1.45 bits per heavy atom.